The van der Waals surface area contributed by atoms with Crippen molar-refractivity contribution in [2.24, 2.45) is 5.73 Å². The van der Waals surface area contributed by atoms with E-state index in [1.165, 1.54) is 12.4 Å². The number of rotatable bonds is 7. The smallest absolute Gasteiger partial charge is 0.403 e. The Bertz CT molecular complexity index is 1300. The number of hydrogen-bond acceptors (Lipinski definition) is 9. The molecule has 3 N–H and O–H groups in total. The number of primary amides is 1. The van der Waals surface area contributed by atoms with Crippen molar-refractivity contribution >= 4 is 28.8 Å². The zero-order valence-corrected chi connectivity index (χ0v) is 20.2. The first-order valence-corrected chi connectivity index (χ1v) is 11.7. The zero-order chi connectivity index (χ0) is 26.7. The highest BCUT2D eigenvalue weighted by Gasteiger charge is 2.37. The van der Waals surface area contributed by atoms with Gasteiger partial charge in [-0.15, -0.1) is 23.4 Å². The van der Waals surface area contributed by atoms with E-state index in [1.54, 1.807) is 12.1 Å². The summed E-state index contributed by atoms with van der Waals surface area (Å²) in [4.78, 5) is 32.5. The van der Waals surface area contributed by atoms with Crippen LogP contribution < -0.4 is 15.8 Å². The predicted octanol–water partition coefficient (Wildman–Crippen LogP) is 2.59. The van der Waals surface area contributed by atoms with E-state index < -0.39 is 46.6 Å². The minimum absolute atomic E-state index is 0.137. The van der Waals surface area contributed by atoms with Crippen molar-refractivity contribution in [2.75, 3.05) is 45.1 Å². The van der Waals surface area contributed by atoms with Crippen LogP contribution in [0, 0.1) is 5.82 Å². The molecule has 196 valence electrons. The second-order valence-corrected chi connectivity index (χ2v) is 9.16. The van der Waals surface area contributed by atoms with Crippen LogP contribution >= 0.6 is 11.3 Å². The number of nitrogens with one attached hydrogen (secondary N) is 1. The Hall–Kier alpha value is -3.69. The summed E-state index contributed by atoms with van der Waals surface area (Å²) in [6.07, 6.45) is -2.31. The van der Waals surface area contributed by atoms with E-state index in [-0.39, 0.29) is 16.6 Å². The number of alkyl halides is 3. The van der Waals surface area contributed by atoms with E-state index in [0.717, 1.165) is 11.3 Å². The van der Waals surface area contributed by atoms with Gasteiger partial charge >= 0.3 is 6.36 Å². The van der Waals surface area contributed by atoms with Crippen LogP contribution in [0.4, 0.5) is 23.2 Å². The number of piperazine rings is 1. The molecule has 2 aromatic heterocycles. The summed E-state index contributed by atoms with van der Waals surface area (Å²) in [6, 6.07) is 3.95. The molecule has 3 heterocycles. The van der Waals surface area contributed by atoms with E-state index in [9.17, 15) is 22.8 Å². The fraction of sp³-hybridized carbons (Fsp3) is 0.318. The molecule has 0 radical (unpaired) electrons. The minimum Gasteiger partial charge on any atom is -0.403 e. The highest BCUT2D eigenvalue weighted by Crippen LogP contribution is 2.45. The molecule has 1 aliphatic rings. The number of carbonyl (C=O) groups excluding carboxylic acids is 2. The fourth-order valence-electron chi connectivity index (χ4n) is 3.66. The van der Waals surface area contributed by atoms with E-state index in [2.05, 4.69) is 30.1 Å². The van der Waals surface area contributed by atoms with Crippen molar-refractivity contribution in [3.63, 3.8) is 0 Å². The van der Waals surface area contributed by atoms with E-state index in [0.29, 0.717) is 37.8 Å². The maximum Gasteiger partial charge on any atom is 0.573 e. The van der Waals surface area contributed by atoms with Gasteiger partial charge in [0.15, 0.2) is 10.8 Å². The van der Waals surface area contributed by atoms with Crippen molar-refractivity contribution in [1.29, 1.82) is 0 Å². The Morgan fingerprint density at radius 2 is 1.89 bits per heavy atom. The third-order valence-electron chi connectivity index (χ3n) is 5.48. The summed E-state index contributed by atoms with van der Waals surface area (Å²) in [7, 11) is 1.93. The molecule has 0 atom stereocenters. The average Bonchev–Trinajstić information content (AvgIpc) is 3.31. The van der Waals surface area contributed by atoms with Gasteiger partial charge < -0.3 is 20.7 Å². The van der Waals surface area contributed by atoms with Gasteiger partial charge in [0.2, 0.25) is 5.91 Å². The second-order valence-electron chi connectivity index (χ2n) is 8.18. The van der Waals surface area contributed by atoms with Gasteiger partial charge in [-0.3, -0.25) is 19.5 Å². The van der Waals surface area contributed by atoms with Crippen LogP contribution in [0.15, 0.2) is 30.6 Å². The van der Waals surface area contributed by atoms with Gasteiger partial charge in [-0.1, -0.05) is 11.3 Å². The SMILES string of the molecule is CN1CCN(CC(=O)Nc2cc(C(N)=O)c(F)c(-c3nnc(-c4cccnc4)s3)c2OC(F)(F)F)CC1. The minimum atomic E-state index is -5.26. The number of halogens is 4. The largest absolute Gasteiger partial charge is 0.573 e. The summed E-state index contributed by atoms with van der Waals surface area (Å²) < 4.78 is 59.9. The van der Waals surface area contributed by atoms with Crippen LogP contribution in [0.5, 0.6) is 5.75 Å². The lowest BCUT2D eigenvalue weighted by Gasteiger charge is -2.31. The van der Waals surface area contributed by atoms with E-state index >= 15 is 4.39 Å². The van der Waals surface area contributed by atoms with Gasteiger partial charge in [0, 0.05) is 44.1 Å². The summed E-state index contributed by atoms with van der Waals surface area (Å²) in [5, 5.41) is 9.93. The topological polar surface area (TPSA) is 127 Å². The Morgan fingerprint density at radius 3 is 2.51 bits per heavy atom. The lowest BCUT2D eigenvalue weighted by molar-refractivity contribution is -0.274. The number of anilines is 1. The maximum absolute atomic E-state index is 15.4. The van der Waals surface area contributed by atoms with Crippen LogP contribution in [-0.2, 0) is 4.79 Å². The Morgan fingerprint density at radius 1 is 1.19 bits per heavy atom. The predicted molar refractivity (Wildman–Crippen MR) is 126 cm³/mol. The maximum atomic E-state index is 15.4. The van der Waals surface area contributed by atoms with Crippen molar-refractivity contribution < 1.29 is 31.9 Å². The van der Waals surface area contributed by atoms with Gasteiger partial charge in [0.1, 0.15) is 10.8 Å². The van der Waals surface area contributed by atoms with Crippen LogP contribution in [-0.4, -0.2) is 82.9 Å². The highest BCUT2D eigenvalue weighted by molar-refractivity contribution is 7.18. The second kappa shape index (κ2) is 10.7. The number of ether oxygens (including phenoxy) is 1. The lowest BCUT2D eigenvalue weighted by atomic mass is 10.1. The van der Waals surface area contributed by atoms with Gasteiger partial charge in [-0.2, -0.15) is 0 Å². The first kappa shape index (κ1) is 26.4. The molecule has 37 heavy (non-hydrogen) atoms. The van der Waals surface area contributed by atoms with Crippen molar-refractivity contribution in [3.8, 4) is 26.9 Å². The van der Waals surface area contributed by atoms with Crippen LogP contribution in [0.3, 0.4) is 0 Å². The first-order chi connectivity index (χ1) is 17.5. The monoisotopic (exact) mass is 539 g/mol. The number of aromatic nitrogens is 3. The Labute approximate surface area is 212 Å². The number of pyridine rings is 1. The molecule has 0 saturated carbocycles. The van der Waals surface area contributed by atoms with E-state index in [1.807, 2.05) is 11.9 Å². The third-order valence-corrected chi connectivity index (χ3v) is 6.47. The highest BCUT2D eigenvalue weighted by atomic mass is 32.1. The van der Waals surface area contributed by atoms with Crippen LogP contribution in [0.25, 0.3) is 21.1 Å². The molecule has 10 nitrogen and oxygen atoms in total. The van der Waals surface area contributed by atoms with Gasteiger partial charge in [-0.05, 0) is 25.2 Å². The molecule has 3 aromatic rings. The number of benzene rings is 1. The molecular formula is C22H21F4N7O3S. The molecule has 0 aliphatic carbocycles. The lowest BCUT2D eigenvalue weighted by Crippen LogP contribution is -2.47. The standard InChI is InChI=1S/C22H21F4N7O3S/c1-32-5-7-33(8-6-32)11-15(34)29-14-9-13(19(27)35)17(23)16(18(14)36-22(24,25)26)21-31-30-20(37-21)12-3-2-4-28-10-12/h2-4,9-10H,5-8,11H2,1H3,(H2,27,35)(H,29,34). The number of likely N-dealkylation sites (N-methyl/N-ethyl adjacent to an activating group) is 1. The zero-order valence-electron chi connectivity index (χ0n) is 19.4. The molecule has 2 amide bonds. The normalized spacial score (nSPS) is 14.9. The number of carbonyl (C=O) groups is 2. The molecule has 1 aliphatic heterocycles. The Balaban J connectivity index is 1.77. The molecule has 0 unspecified atom stereocenters. The number of hydrogen-bond donors (Lipinski definition) is 2. The summed E-state index contributed by atoms with van der Waals surface area (Å²) in [6.45, 7) is 2.41. The van der Waals surface area contributed by atoms with Crippen molar-refractivity contribution in [2.45, 2.75) is 6.36 Å². The molecule has 1 fully saturated rings. The molecule has 1 saturated heterocycles. The number of amides is 2. The summed E-state index contributed by atoms with van der Waals surface area (Å²) in [5.41, 5.74) is 3.63. The van der Waals surface area contributed by atoms with E-state index in [4.69, 9.17) is 5.73 Å². The van der Waals surface area contributed by atoms with Gasteiger partial charge in [0.25, 0.3) is 5.91 Å². The Kier molecular flexibility index (Phi) is 7.65. The van der Waals surface area contributed by atoms with Crippen LogP contribution in [0.2, 0.25) is 0 Å². The molecule has 0 bridgehead atoms. The molecule has 15 heteroatoms. The number of nitrogens with two attached hydrogens (primary N) is 1. The third kappa shape index (κ3) is 6.36. The average molecular weight is 540 g/mol. The first-order valence-electron chi connectivity index (χ1n) is 10.9. The molecule has 0 spiro atoms. The van der Waals surface area contributed by atoms with Gasteiger partial charge in [0.05, 0.1) is 23.4 Å². The van der Waals surface area contributed by atoms with Gasteiger partial charge in [-0.25, -0.2) is 4.39 Å². The van der Waals surface area contributed by atoms with Crippen molar-refractivity contribution in [1.82, 2.24) is 25.0 Å². The molecule has 1 aromatic carbocycles. The number of nitrogens with zero attached hydrogens (tertiary/aromatic N) is 5. The fourth-order valence-corrected chi connectivity index (χ4v) is 4.53. The summed E-state index contributed by atoms with van der Waals surface area (Å²) >= 11 is 0.743. The summed E-state index contributed by atoms with van der Waals surface area (Å²) in [5.74, 6) is -4.41. The molecule has 4 rings (SSSR count). The van der Waals surface area contributed by atoms with Crippen LogP contribution in [0.1, 0.15) is 10.4 Å². The van der Waals surface area contributed by atoms with Crippen molar-refractivity contribution in [3.05, 3.63) is 42.0 Å². The molecular weight excluding hydrogens is 518 g/mol. The quantitative estimate of drug-likeness (QED) is 0.439.